The number of benzene rings is 1. The molecule has 1 aliphatic carbocycles. The molecule has 1 saturated heterocycles. The molecule has 2 heteroatoms. The average Bonchev–Trinajstić information content (AvgIpc) is 2.90. The van der Waals surface area contributed by atoms with E-state index in [2.05, 4.69) is 39.4 Å². The highest BCUT2D eigenvalue weighted by atomic mass is 79.9. The molecule has 0 aromatic heterocycles. The van der Waals surface area contributed by atoms with Crippen LogP contribution in [0.5, 0.6) is 0 Å². The van der Waals surface area contributed by atoms with E-state index in [1.165, 1.54) is 43.1 Å². The molecule has 2 atom stereocenters. The van der Waals surface area contributed by atoms with Gasteiger partial charge in [-0.25, -0.2) is 0 Å². The van der Waals surface area contributed by atoms with E-state index in [1.54, 1.807) is 11.1 Å². The maximum atomic E-state index is 3.67. The van der Waals surface area contributed by atoms with E-state index in [0.29, 0.717) is 0 Å². The lowest BCUT2D eigenvalue weighted by Crippen LogP contribution is -2.23. The second-order valence-electron chi connectivity index (χ2n) is 5.07. The smallest absolute Gasteiger partial charge is 0.0210 e. The number of nitrogens with one attached hydrogen (secondary N) is 1. The zero-order chi connectivity index (χ0) is 11.0. The van der Waals surface area contributed by atoms with Gasteiger partial charge in [0.25, 0.3) is 0 Å². The molecule has 2 unspecified atom stereocenters. The van der Waals surface area contributed by atoms with Gasteiger partial charge in [0.05, 0.1) is 0 Å². The summed E-state index contributed by atoms with van der Waals surface area (Å²) >= 11 is 3.67. The van der Waals surface area contributed by atoms with Crippen LogP contribution in [-0.4, -0.2) is 12.6 Å². The molecule has 2 aliphatic rings. The molecule has 1 aliphatic heterocycles. The van der Waals surface area contributed by atoms with Crippen molar-refractivity contribution in [3.05, 3.63) is 33.8 Å². The molecule has 1 nitrogen and oxygen atoms in total. The van der Waals surface area contributed by atoms with E-state index in [-0.39, 0.29) is 0 Å². The molecule has 0 spiro atoms. The lowest BCUT2D eigenvalue weighted by molar-refractivity contribution is 0.488. The summed E-state index contributed by atoms with van der Waals surface area (Å²) in [5.41, 5.74) is 3.16. The molecule has 1 heterocycles. The molecule has 86 valence electrons. The van der Waals surface area contributed by atoms with Crippen LogP contribution in [0.4, 0.5) is 0 Å². The van der Waals surface area contributed by atoms with Crippen LogP contribution in [0.25, 0.3) is 0 Å². The van der Waals surface area contributed by atoms with E-state index < -0.39 is 0 Å². The van der Waals surface area contributed by atoms with Crippen molar-refractivity contribution in [2.45, 2.75) is 44.1 Å². The summed E-state index contributed by atoms with van der Waals surface area (Å²) in [6.07, 6.45) is 6.68. The maximum absolute atomic E-state index is 3.67. The Morgan fingerprint density at radius 3 is 3.06 bits per heavy atom. The lowest BCUT2D eigenvalue weighted by atomic mass is 9.93. The molecule has 1 N–H and O–H groups in total. The fourth-order valence-electron chi connectivity index (χ4n) is 3.24. The molecule has 0 radical (unpaired) electrons. The van der Waals surface area contributed by atoms with Gasteiger partial charge in [-0.05, 0) is 61.8 Å². The van der Waals surface area contributed by atoms with Gasteiger partial charge in [-0.15, -0.1) is 0 Å². The molecule has 0 amide bonds. The standard InChI is InChI=1S/C14H18BrN/c15-14-5-1-4-12-10(6-7-13(12)14)9-11-3-2-8-16-11/h1,4-5,10-11,16H,2-3,6-9H2. The van der Waals surface area contributed by atoms with Crippen molar-refractivity contribution < 1.29 is 0 Å². The third-order valence-corrected chi connectivity index (χ3v) is 4.81. The van der Waals surface area contributed by atoms with Gasteiger partial charge in [0, 0.05) is 10.5 Å². The molecule has 1 aromatic carbocycles. The van der Waals surface area contributed by atoms with Crippen molar-refractivity contribution >= 4 is 15.9 Å². The first kappa shape index (κ1) is 10.8. The second-order valence-corrected chi connectivity index (χ2v) is 5.93. The number of hydrogen-bond acceptors (Lipinski definition) is 1. The minimum Gasteiger partial charge on any atom is -0.314 e. The Bertz CT molecular complexity index is 382. The van der Waals surface area contributed by atoms with E-state index >= 15 is 0 Å². The molecular formula is C14H18BrN. The predicted octanol–water partition coefficient (Wildman–Crippen LogP) is 3.62. The van der Waals surface area contributed by atoms with Gasteiger partial charge in [-0.1, -0.05) is 28.1 Å². The number of fused-ring (bicyclic) bond motifs is 1. The molecule has 1 aromatic rings. The van der Waals surface area contributed by atoms with Crippen LogP contribution in [0, 0.1) is 0 Å². The normalized spacial score (nSPS) is 28.3. The first-order chi connectivity index (χ1) is 7.84. The molecule has 0 bridgehead atoms. The van der Waals surface area contributed by atoms with Gasteiger partial charge in [-0.2, -0.15) is 0 Å². The highest BCUT2D eigenvalue weighted by Crippen LogP contribution is 2.40. The van der Waals surface area contributed by atoms with Crippen molar-refractivity contribution in [3.63, 3.8) is 0 Å². The SMILES string of the molecule is Brc1cccc2c1CCC2CC1CCCN1. The van der Waals surface area contributed by atoms with Crippen LogP contribution in [0.2, 0.25) is 0 Å². The Kier molecular flexibility index (Phi) is 3.03. The Morgan fingerprint density at radius 1 is 1.31 bits per heavy atom. The maximum Gasteiger partial charge on any atom is 0.0210 e. The average molecular weight is 280 g/mol. The molecule has 16 heavy (non-hydrogen) atoms. The van der Waals surface area contributed by atoms with Gasteiger partial charge in [0.15, 0.2) is 0 Å². The quantitative estimate of drug-likeness (QED) is 0.872. The number of rotatable bonds is 2. The van der Waals surface area contributed by atoms with E-state index in [9.17, 15) is 0 Å². The summed E-state index contributed by atoms with van der Waals surface area (Å²) < 4.78 is 1.31. The summed E-state index contributed by atoms with van der Waals surface area (Å²) in [7, 11) is 0. The summed E-state index contributed by atoms with van der Waals surface area (Å²) in [6, 6.07) is 7.46. The first-order valence-corrected chi connectivity index (χ1v) is 7.14. The zero-order valence-corrected chi connectivity index (χ0v) is 11.1. The Balaban J connectivity index is 1.78. The van der Waals surface area contributed by atoms with E-state index in [1.807, 2.05) is 0 Å². The van der Waals surface area contributed by atoms with Gasteiger partial charge >= 0.3 is 0 Å². The van der Waals surface area contributed by atoms with Crippen LogP contribution in [0.3, 0.4) is 0 Å². The Labute approximate surface area is 106 Å². The Morgan fingerprint density at radius 2 is 2.25 bits per heavy atom. The molecule has 0 saturated carbocycles. The highest BCUT2D eigenvalue weighted by molar-refractivity contribution is 9.10. The Hall–Kier alpha value is -0.340. The zero-order valence-electron chi connectivity index (χ0n) is 9.51. The third-order valence-electron chi connectivity index (χ3n) is 4.07. The van der Waals surface area contributed by atoms with Gasteiger partial charge in [0.1, 0.15) is 0 Å². The van der Waals surface area contributed by atoms with E-state index in [4.69, 9.17) is 0 Å². The largest absolute Gasteiger partial charge is 0.314 e. The number of halogens is 1. The van der Waals surface area contributed by atoms with Crippen LogP contribution >= 0.6 is 15.9 Å². The minimum absolute atomic E-state index is 0.773. The highest BCUT2D eigenvalue weighted by Gasteiger charge is 2.27. The molecule has 1 fully saturated rings. The van der Waals surface area contributed by atoms with Gasteiger partial charge in [-0.3, -0.25) is 0 Å². The van der Waals surface area contributed by atoms with Crippen molar-refractivity contribution in [1.82, 2.24) is 5.32 Å². The summed E-state index contributed by atoms with van der Waals surface area (Å²) in [5, 5.41) is 3.62. The van der Waals surface area contributed by atoms with Crippen LogP contribution < -0.4 is 5.32 Å². The minimum atomic E-state index is 0.773. The lowest BCUT2D eigenvalue weighted by Gasteiger charge is -2.17. The first-order valence-electron chi connectivity index (χ1n) is 6.35. The third kappa shape index (κ3) is 1.93. The number of hydrogen-bond donors (Lipinski definition) is 1. The second kappa shape index (κ2) is 4.50. The fraction of sp³-hybridized carbons (Fsp3) is 0.571. The monoisotopic (exact) mass is 279 g/mol. The van der Waals surface area contributed by atoms with Crippen molar-refractivity contribution in [1.29, 1.82) is 0 Å². The van der Waals surface area contributed by atoms with Crippen LogP contribution in [-0.2, 0) is 6.42 Å². The van der Waals surface area contributed by atoms with Gasteiger partial charge < -0.3 is 5.32 Å². The van der Waals surface area contributed by atoms with Crippen LogP contribution in [0.1, 0.15) is 42.7 Å². The summed E-state index contributed by atoms with van der Waals surface area (Å²) in [5.74, 6) is 0.795. The van der Waals surface area contributed by atoms with E-state index in [0.717, 1.165) is 12.0 Å². The summed E-state index contributed by atoms with van der Waals surface area (Å²) in [6.45, 7) is 1.22. The van der Waals surface area contributed by atoms with Crippen molar-refractivity contribution in [2.75, 3.05) is 6.54 Å². The molecule has 3 rings (SSSR count). The predicted molar refractivity (Wildman–Crippen MR) is 70.8 cm³/mol. The van der Waals surface area contributed by atoms with Crippen molar-refractivity contribution in [2.24, 2.45) is 0 Å². The topological polar surface area (TPSA) is 12.0 Å². The van der Waals surface area contributed by atoms with Crippen LogP contribution in [0.15, 0.2) is 22.7 Å². The summed E-state index contributed by atoms with van der Waals surface area (Å²) in [4.78, 5) is 0. The van der Waals surface area contributed by atoms with Crippen molar-refractivity contribution in [3.8, 4) is 0 Å². The van der Waals surface area contributed by atoms with Gasteiger partial charge in [0.2, 0.25) is 0 Å². The molecular weight excluding hydrogens is 262 g/mol. The fourth-order valence-corrected chi connectivity index (χ4v) is 3.82.